The zero-order chi connectivity index (χ0) is 23.9. The number of hydrogen-bond donors (Lipinski definition) is 6. The van der Waals surface area contributed by atoms with Crippen molar-refractivity contribution in [1.82, 2.24) is 16.0 Å². The lowest BCUT2D eigenvalue weighted by Crippen LogP contribution is -2.49. The van der Waals surface area contributed by atoms with Gasteiger partial charge in [-0.25, -0.2) is 0 Å². The van der Waals surface area contributed by atoms with Crippen molar-refractivity contribution in [3.8, 4) is 0 Å². The smallest absolute Gasteiger partial charge is 0.322 e. The third-order valence-electron chi connectivity index (χ3n) is 3.64. The molecule has 0 aliphatic carbocycles. The molecule has 1 aromatic carbocycles. The lowest BCUT2D eigenvalue weighted by atomic mass is 10.1. The monoisotopic (exact) mass is 474 g/mol. The maximum atomic E-state index is 12.2. The van der Waals surface area contributed by atoms with Gasteiger partial charge in [-0.15, -0.1) is 0 Å². The Morgan fingerprint density at radius 1 is 1.16 bits per heavy atom. The molecule has 0 saturated carbocycles. The minimum atomic E-state index is -1.07. The normalized spacial score (nSPS) is 11.8. The Bertz CT molecular complexity index is 549. The van der Waals surface area contributed by atoms with Crippen molar-refractivity contribution in [2.24, 2.45) is 5.73 Å². The Balaban J connectivity index is 0. The molecule has 0 spiro atoms. The van der Waals surface area contributed by atoms with Crippen molar-refractivity contribution in [2.75, 3.05) is 43.9 Å². The first-order valence-corrected chi connectivity index (χ1v) is 12.7. The van der Waals surface area contributed by atoms with Gasteiger partial charge >= 0.3 is 5.97 Å². The molecule has 31 heavy (non-hydrogen) atoms. The summed E-state index contributed by atoms with van der Waals surface area (Å²) in [5, 5.41) is 17.4. The molecule has 1 aromatic rings. The van der Waals surface area contributed by atoms with E-state index in [1.54, 1.807) is 0 Å². The Morgan fingerprint density at radius 2 is 1.74 bits per heavy atom. The van der Waals surface area contributed by atoms with E-state index >= 15 is 0 Å². The average Bonchev–Trinajstić information content (AvgIpc) is 2.77. The number of carboxylic acids is 1. The van der Waals surface area contributed by atoms with E-state index in [1.165, 1.54) is 12.2 Å². The largest absolute Gasteiger partial charge is 0.480 e. The van der Waals surface area contributed by atoms with Crippen LogP contribution in [0.1, 0.15) is 32.8 Å². The summed E-state index contributed by atoms with van der Waals surface area (Å²) < 4.78 is 0. The summed E-state index contributed by atoms with van der Waals surface area (Å²) in [7, 11) is 0. The molecule has 0 radical (unpaired) electrons. The second-order valence-corrected chi connectivity index (χ2v) is 8.26. The van der Waals surface area contributed by atoms with Crippen LogP contribution < -0.4 is 21.7 Å². The molecule has 6 N–H and O–H groups in total. The van der Waals surface area contributed by atoms with E-state index in [0.717, 1.165) is 5.56 Å². The highest BCUT2D eigenvalue weighted by Gasteiger charge is 2.18. The fourth-order valence-electron chi connectivity index (χ4n) is 2.08. The number of benzene rings is 1. The van der Waals surface area contributed by atoms with Gasteiger partial charge in [0.15, 0.2) is 0 Å². The number of thiol groups is 1. The van der Waals surface area contributed by atoms with Gasteiger partial charge < -0.3 is 26.8 Å². The summed E-state index contributed by atoms with van der Waals surface area (Å²) in [5.41, 5.74) is 6.76. The van der Waals surface area contributed by atoms with E-state index in [0.29, 0.717) is 31.8 Å². The van der Waals surface area contributed by atoms with Gasteiger partial charge in [0.25, 0.3) is 0 Å². The van der Waals surface area contributed by atoms with Gasteiger partial charge in [0.1, 0.15) is 6.54 Å². The fraction of sp³-hybridized carbons (Fsp3) is 0.636. The van der Waals surface area contributed by atoms with Crippen LogP contribution in [0.5, 0.6) is 0 Å². The molecule has 7 nitrogen and oxygen atoms in total. The van der Waals surface area contributed by atoms with E-state index in [-0.39, 0.29) is 18.5 Å². The SMILES string of the molecule is CCC.CCSC.NC(CS)CNCCNC(Cc1ccccc1)C(=O)NCC(=O)O. The summed E-state index contributed by atoms with van der Waals surface area (Å²) in [6.07, 6.45) is 3.84. The van der Waals surface area contributed by atoms with Gasteiger partial charge in [-0.2, -0.15) is 24.4 Å². The summed E-state index contributed by atoms with van der Waals surface area (Å²) in [5.74, 6) is 0.451. The number of carbonyl (C=O) groups excluding carboxylic acids is 1. The maximum absolute atomic E-state index is 12.2. The van der Waals surface area contributed by atoms with E-state index in [4.69, 9.17) is 10.8 Å². The number of aliphatic carboxylic acids is 1. The van der Waals surface area contributed by atoms with Gasteiger partial charge in [-0.3, -0.25) is 9.59 Å². The number of carbonyl (C=O) groups is 2. The van der Waals surface area contributed by atoms with Crippen molar-refractivity contribution in [1.29, 1.82) is 0 Å². The molecule has 0 aliphatic heterocycles. The first kappa shape index (κ1) is 31.9. The van der Waals surface area contributed by atoms with Crippen molar-refractivity contribution in [2.45, 2.75) is 45.7 Å². The second kappa shape index (κ2) is 23.4. The molecule has 0 aromatic heterocycles. The van der Waals surface area contributed by atoms with Crippen LogP contribution in [0.4, 0.5) is 0 Å². The molecule has 0 heterocycles. The number of amides is 1. The third-order valence-corrected chi connectivity index (χ3v) is 4.68. The molecule has 2 atom stereocenters. The zero-order valence-corrected chi connectivity index (χ0v) is 21.1. The topological polar surface area (TPSA) is 116 Å². The van der Waals surface area contributed by atoms with Crippen LogP contribution in [-0.4, -0.2) is 73.0 Å². The Hall–Kier alpha value is -1.26. The molecule has 0 fully saturated rings. The molecular formula is C22H42N4O3S2. The van der Waals surface area contributed by atoms with Gasteiger partial charge in [0.2, 0.25) is 5.91 Å². The van der Waals surface area contributed by atoms with Crippen LogP contribution in [0, 0.1) is 0 Å². The van der Waals surface area contributed by atoms with Crippen molar-refractivity contribution >= 4 is 36.3 Å². The zero-order valence-electron chi connectivity index (χ0n) is 19.4. The minimum absolute atomic E-state index is 0.00712. The molecule has 1 rings (SSSR count). The van der Waals surface area contributed by atoms with Gasteiger partial charge in [0, 0.05) is 31.4 Å². The molecule has 0 saturated heterocycles. The van der Waals surface area contributed by atoms with Crippen LogP contribution in [0.15, 0.2) is 30.3 Å². The second-order valence-electron chi connectivity index (χ2n) is 6.74. The lowest BCUT2D eigenvalue weighted by molar-refractivity contribution is -0.138. The number of nitrogens with one attached hydrogen (secondary N) is 3. The lowest BCUT2D eigenvalue weighted by Gasteiger charge is -2.19. The van der Waals surface area contributed by atoms with Gasteiger partial charge in [-0.05, 0) is 24.0 Å². The Kier molecular flexibility index (Phi) is 24.1. The molecule has 0 aliphatic rings. The summed E-state index contributed by atoms with van der Waals surface area (Å²) in [6, 6.07) is 9.08. The Labute approximate surface area is 198 Å². The van der Waals surface area contributed by atoms with E-state index in [1.807, 2.05) is 42.1 Å². The van der Waals surface area contributed by atoms with Crippen molar-refractivity contribution in [3.05, 3.63) is 35.9 Å². The van der Waals surface area contributed by atoms with E-state index < -0.39 is 12.0 Å². The summed E-state index contributed by atoms with van der Waals surface area (Å²) in [4.78, 5) is 22.8. The van der Waals surface area contributed by atoms with Crippen LogP contribution in [0.3, 0.4) is 0 Å². The van der Waals surface area contributed by atoms with Crippen LogP contribution in [0.2, 0.25) is 0 Å². The average molecular weight is 475 g/mol. The minimum Gasteiger partial charge on any atom is -0.480 e. The standard InChI is InChI=1S/C16H26N4O3S.C3H8S.C3H8/c17-13(11-24)9-18-6-7-19-14(16(23)20-10-15(21)22)8-12-4-2-1-3-5-12;1-3-4-2;1-3-2/h1-5,13-14,18-19,24H,6-11,17H2,(H,20,23)(H,21,22);3H2,1-2H3;3H2,1-2H3. The fourth-order valence-corrected chi connectivity index (χ4v) is 2.21. The Morgan fingerprint density at radius 3 is 2.23 bits per heavy atom. The molecule has 2 unspecified atom stereocenters. The quantitative estimate of drug-likeness (QED) is 0.191. The van der Waals surface area contributed by atoms with Gasteiger partial charge in [-0.1, -0.05) is 57.5 Å². The van der Waals surface area contributed by atoms with Crippen LogP contribution in [0.25, 0.3) is 0 Å². The predicted octanol–water partition coefficient (Wildman–Crippen LogP) is 2.02. The summed E-state index contributed by atoms with van der Waals surface area (Å²) >= 11 is 5.97. The van der Waals surface area contributed by atoms with E-state index in [2.05, 4.69) is 55.6 Å². The third kappa shape index (κ3) is 21.7. The highest BCUT2D eigenvalue weighted by molar-refractivity contribution is 7.98. The number of hydrogen-bond acceptors (Lipinski definition) is 7. The first-order valence-electron chi connectivity index (χ1n) is 10.7. The van der Waals surface area contributed by atoms with Crippen molar-refractivity contribution in [3.63, 3.8) is 0 Å². The number of nitrogens with two attached hydrogens (primary N) is 1. The van der Waals surface area contributed by atoms with Crippen molar-refractivity contribution < 1.29 is 14.7 Å². The first-order chi connectivity index (χ1) is 14.9. The van der Waals surface area contributed by atoms with Gasteiger partial charge in [0.05, 0.1) is 6.04 Å². The number of rotatable bonds is 13. The number of carboxylic acid groups (broad SMARTS) is 1. The summed E-state index contributed by atoms with van der Waals surface area (Å²) in [6.45, 7) is 7.88. The molecule has 0 bridgehead atoms. The molecule has 180 valence electrons. The van der Waals surface area contributed by atoms with Crippen LogP contribution >= 0.6 is 24.4 Å². The highest BCUT2D eigenvalue weighted by atomic mass is 32.2. The molecular weight excluding hydrogens is 432 g/mol. The molecule has 9 heteroatoms. The molecule has 1 amide bonds. The van der Waals surface area contributed by atoms with Crippen LogP contribution in [-0.2, 0) is 16.0 Å². The maximum Gasteiger partial charge on any atom is 0.322 e. The highest BCUT2D eigenvalue weighted by Crippen LogP contribution is 2.03. The predicted molar refractivity (Wildman–Crippen MR) is 137 cm³/mol. The van der Waals surface area contributed by atoms with E-state index in [9.17, 15) is 9.59 Å². The number of thioether (sulfide) groups is 1.